The van der Waals surface area contributed by atoms with Crippen LogP contribution in [0.25, 0.3) is 0 Å². The zero-order chi connectivity index (χ0) is 12.8. The van der Waals surface area contributed by atoms with E-state index in [9.17, 15) is 13.2 Å². The first kappa shape index (κ1) is 15.6. The van der Waals surface area contributed by atoms with E-state index >= 15 is 0 Å². The monoisotopic (exact) mass is 249 g/mol. The van der Waals surface area contributed by atoms with E-state index in [1.165, 1.54) is 0 Å². The van der Waals surface area contributed by atoms with Crippen LogP contribution in [0.5, 0.6) is 0 Å². The van der Waals surface area contributed by atoms with Crippen LogP contribution in [0, 0.1) is 5.92 Å². The summed E-state index contributed by atoms with van der Waals surface area (Å²) in [4.78, 5) is 11.5. The first-order valence-corrected chi connectivity index (χ1v) is 7.58. The maximum atomic E-state index is 11.5. The molecule has 16 heavy (non-hydrogen) atoms. The van der Waals surface area contributed by atoms with Gasteiger partial charge in [-0.05, 0) is 12.3 Å². The maximum Gasteiger partial charge on any atom is 0.150 e. The average molecular weight is 249 g/mol. The maximum absolute atomic E-state index is 11.5. The van der Waals surface area contributed by atoms with Gasteiger partial charge in [0.2, 0.25) is 0 Å². The summed E-state index contributed by atoms with van der Waals surface area (Å²) in [5.41, 5.74) is 5.75. The topological polar surface area (TPSA) is 77.2 Å². The number of carbonyl (C=O) groups is 1. The van der Waals surface area contributed by atoms with Gasteiger partial charge in [-0.3, -0.25) is 4.79 Å². The molecule has 0 aliphatic carbocycles. The number of carbonyl (C=O) groups excluding carboxylic acids is 1. The second-order valence-corrected chi connectivity index (χ2v) is 6.86. The molecule has 0 aromatic rings. The minimum atomic E-state index is -3.04. The summed E-state index contributed by atoms with van der Waals surface area (Å²) < 4.78 is 22.7. The van der Waals surface area contributed by atoms with Crippen molar-refractivity contribution in [2.24, 2.45) is 11.7 Å². The number of nitrogens with two attached hydrogens (primary N) is 1. The minimum absolute atomic E-state index is 0.0372. The highest BCUT2D eigenvalue weighted by molar-refractivity contribution is 7.91. The Labute approximate surface area is 98.5 Å². The van der Waals surface area contributed by atoms with Crippen LogP contribution >= 0.6 is 0 Å². The lowest BCUT2D eigenvalue weighted by Crippen LogP contribution is -2.30. The van der Waals surface area contributed by atoms with Gasteiger partial charge in [0.1, 0.15) is 5.78 Å². The van der Waals surface area contributed by atoms with E-state index in [1.54, 1.807) is 0 Å². The summed E-state index contributed by atoms with van der Waals surface area (Å²) in [5, 5.41) is 0. The van der Waals surface area contributed by atoms with Crippen LogP contribution in [0.4, 0.5) is 0 Å². The zero-order valence-electron chi connectivity index (χ0n) is 10.4. The third-order valence-corrected chi connectivity index (χ3v) is 4.38. The molecule has 0 aromatic carbocycles. The van der Waals surface area contributed by atoms with Crippen LogP contribution in [0.3, 0.4) is 0 Å². The van der Waals surface area contributed by atoms with Crippen molar-refractivity contribution in [3.63, 3.8) is 0 Å². The SMILES string of the molecule is CCCS(=O)(=O)CCC(=O)CC(N)C(C)C. The van der Waals surface area contributed by atoms with Gasteiger partial charge in [0.15, 0.2) is 9.84 Å². The van der Waals surface area contributed by atoms with Crippen molar-refractivity contribution < 1.29 is 13.2 Å². The largest absolute Gasteiger partial charge is 0.327 e. The standard InChI is InChI=1S/C11H23NO3S/c1-4-6-16(14,15)7-5-10(13)8-11(12)9(2)3/h9,11H,4-8,12H2,1-3H3. The molecule has 0 aliphatic rings. The fourth-order valence-electron chi connectivity index (χ4n) is 1.28. The molecule has 0 heterocycles. The predicted molar refractivity (Wildman–Crippen MR) is 66.0 cm³/mol. The third-order valence-electron chi connectivity index (χ3n) is 2.53. The van der Waals surface area contributed by atoms with Crippen molar-refractivity contribution in [2.45, 2.75) is 46.1 Å². The average Bonchev–Trinajstić information content (AvgIpc) is 2.14. The number of Topliss-reactive ketones (excluding diaryl/α,β-unsaturated/α-hetero) is 1. The van der Waals surface area contributed by atoms with Gasteiger partial charge in [0, 0.05) is 24.6 Å². The number of ketones is 1. The first-order valence-electron chi connectivity index (χ1n) is 5.76. The van der Waals surface area contributed by atoms with E-state index in [0.717, 1.165) is 0 Å². The molecule has 0 aliphatic heterocycles. The second kappa shape index (κ2) is 7.01. The summed E-state index contributed by atoms with van der Waals surface area (Å²) in [5.74, 6) is 0.318. The van der Waals surface area contributed by atoms with Crippen molar-refractivity contribution in [3.8, 4) is 0 Å². The molecule has 2 N–H and O–H groups in total. The molecule has 0 saturated heterocycles. The van der Waals surface area contributed by atoms with Crippen LogP contribution < -0.4 is 5.73 Å². The first-order chi connectivity index (χ1) is 7.28. The Balaban J connectivity index is 3.99. The van der Waals surface area contributed by atoms with Crippen LogP contribution in [-0.4, -0.2) is 31.7 Å². The van der Waals surface area contributed by atoms with Crippen molar-refractivity contribution >= 4 is 15.6 Å². The van der Waals surface area contributed by atoms with E-state index in [-0.39, 0.29) is 42.1 Å². The van der Waals surface area contributed by atoms with Crippen molar-refractivity contribution in [1.82, 2.24) is 0 Å². The van der Waals surface area contributed by atoms with Crippen LogP contribution in [0.1, 0.15) is 40.0 Å². The van der Waals surface area contributed by atoms with Crippen LogP contribution in [0.2, 0.25) is 0 Å². The van der Waals surface area contributed by atoms with Gasteiger partial charge in [-0.2, -0.15) is 0 Å². The van der Waals surface area contributed by atoms with E-state index < -0.39 is 9.84 Å². The highest BCUT2D eigenvalue weighted by Gasteiger charge is 2.16. The number of hydrogen-bond acceptors (Lipinski definition) is 4. The summed E-state index contributed by atoms with van der Waals surface area (Å²) in [6, 6.07) is -0.165. The van der Waals surface area contributed by atoms with Crippen molar-refractivity contribution in [1.29, 1.82) is 0 Å². The molecule has 0 fully saturated rings. The number of sulfone groups is 1. The van der Waals surface area contributed by atoms with Crippen molar-refractivity contribution in [3.05, 3.63) is 0 Å². The Kier molecular flexibility index (Phi) is 6.83. The van der Waals surface area contributed by atoms with Gasteiger partial charge in [0.05, 0.1) is 5.75 Å². The Morgan fingerprint density at radius 3 is 2.25 bits per heavy atom. The highest BCUT2D eigenvalue weighted by Crippen LogP contribution is 2.06. The molecule has 1 atom stereocenters. The molecule has 5 heteroatoms. The normalized spacial score (nSPS) is 14.1. The second-order valence-electron chi connectivity index (χ2n) is 4.55. The molecule has 0 radical (unpaired) electrons. The molecule has 0 saturated carbocycles. The lowest BCUT2D eigenvalue weighted by atomic mass is 9.99. The van der Waals surface area contributed by atoms with Gasteiger partial charge in [0.25, 0.3) is 0 Å². The Morgan fingerprint density at radius 2 is 1.81 bits per heavy atom. The van der Waals surface area contributed by atoms with Gasteiger partial charge in [-0.25, -0.2) is 8.42 Å². The molecule has 0 amide bonds. The summed E-state index contributed by atoms with van der Waals surface area (Å²) >= 11 is 0. The molecule has 1 unspecified atom stereocenters. The molecule has 4 nitrogen and oxygen atoms in total. The fraction of sp³-hybridized carbons (Fsp3) is 0.909. The lowest BCUT2D eigenvalue weighted by molar-refractivity contribution is -0.119. The number of hydrogen-bond donors (Lipinski definition) is 1. The molecule has 0 aromatic heterocycles. The third kappa shape index (κ3) is 6.95. The van der Waals surface area contributed by atoms with Crippen LogP contribution in [0.15, 0.2) is 0 Å². The molecule has 96 valence electrons. The predicted octanol–water partition coefficient (Wildman–Crippen LogP) is 1.14. The lowest BCUT2D eigenvalue weighted by Gasteiger charge is -2.14. The summed E-state index contributed by atoms with van der Waals surface area (Å²) in [6.07, 6.45) is 0.976. The fourth-order valence-corrected chi connectivity index (χ4v) is 2.65. The van der Waals surface area contributed by atoms with Gasteiger partial charge in [-0.15, -0.1) is 0 Å². The van der Waals surface area contributed by atoms with E-state index in [4.69, 9.17) is 5.73 Å². The summed E-state index contributed by atoms with van der Waals surface area (Å²) in [6.45, 7) is 5.71. The Bertz CT molecular complexity index is 309. The number of rotatable bonds is 8. The quantitative estimate of drug-likeness (QED) is 0.700. The van der Waals surface area contributed by atoms with E-state index in [0.29, 0.717) is 6.42 Å². The van der Waals surface area contributed by atoms with Gasteiger partial charge in [-0.1, -0.05) is 20.8 Å². The molecular formula is C11H23NO3S. The zero-order valence-corrected chi connectivity index (χ0v) is 11.2. The highest BCUT2D eigenvalue weighted by atomic mass is 32.2. The summed E-state index contributed by atoms with van der Waals surface area (Å²) in [7, 11) is -3.04. The van der Waals surface area contributed by atoms with E-state index in [2.05, 4.69) is 0 Å². The van der Waals surface area contributed by atoms with Crippen molar-refractivity contribution in [2.75, 3.05) is 11.5 Å². The van der Waals surface area contributed by atoms with E-state index in [1.807, 2.05) is 20.8 Å². The van der Waals surface area contributed by atoms with Gasteiger partial charge >= 0.3 is 0 Å². The van der Waals surface area contributed by atoms with Crippen LogP contribution in [-0.2, 0) is 14.6 Å². The minimum Gasteiger partial charge on any atom is -0.327 e. The Hall–Kier alpha value is -0.420. The van der Waals surface area contributed by atoms with Gasteiger partial charge < -0.3 is 5.73 Å². The smallest absolute Gasteiger partial charge is 0.150 e. The molecule has 0 rings (SSSR count). The molecule has 0 spiro atoms. The molecular weight excluding hydrogens is 226 g/mol. The Morgan fingerprint density at radius 1 is 1.25 bits per heavy atom. The molecule has 0 bridgehead atoms.